The van der Waals surface area contributed by atoms with E-state index in [4.69, 9.17) is 23.7 Å². The van der Waals surface area contributed by atoms with Crippen LogP contribution >= 0.6 is 21.6 Å². The van der Waals surface area contributed by atoms with Gasteiger partial charge in [0.05, 0.1) is 25.0 Å². The van der Waals surface area contributed by atoms with Crippen molar-refractivity contribution in [2.75, 3.05) is 36.2 Å². The monoisotopic (exact) mass is 731 g/mol. The molecule has 50 heavy (non-hydrogen) atoms. The van der Waals surface area contributed by atoms with Crippen LogP contribution in [0.1, 0.15) is 49.0 Å². The maximum atomic E-state index is 13.7. The van der Waals surface area contributed by atoms with E-state index in [9.17, 15) is 33.1 Å². The molecule has 2 heterocycles. The van der Waals surface area contributed by atoms with Crippen LogP contribution in [-0.4, -0.2) is 66.7 Å². The molecule has 4 atom stereocenters. The number of cyclic esters (lactones) is 1. The van der Waals surface area contributed by atoms with E-state index in [2.05, 4.69) is 0 Å². The summed E-state index contributed by atoms with van der Waals surface area (Å²) in [4.78, 5) is 50.8. The third-order valence-electron chi connectivity index (χ3n) is 7.99. The number of amides is 1. The second-order valence-electron chi connectivity index (χ2n) is 11.4. The number of benzene rings is 3. The molecule has 3 aromatic rings. The number of carbonyl (C=O) groups is 4. The van der Waals surface area contributed by atoms with Gasteiger partial charge in [-0.25, -0.2) is 18.4 Å². The second kappa shape index (κ2) is 17.9. The Balaban J connectivity index is 1.09. The van der Waals surface area contributed by atoms with Crippen molar-refractivity contribution in [3.63, 3.8) is 0 Å². The van der Waals surface area contributed by atoms with Gasteiger partial charge in [0.25, 0.3) is 0 Å². The van der Waals surface area contributed by atoms with E-state index >= 15 is 0 Å². The SMILES string of the molecule is O=C1C[C@H](OC(=O)OCCSSCCOC(=O)O[C@@H](CC[C@H]2C(=O)N(c3ccc(F)cc3)C2c2ccc(O)cc2)c2ccc(F)cc2)CCO1. The van der Waals surface area contributed by atoms with Crippen molar-refractivity contribution >= 4 is 51.5 Å². The minimum atomic E-state index is -0.925. The van der Waals surface area contributed by atoms with E-state index in [-0.39, 0.29) is 44.3 Å². The molecule has 0 aromatic heterocycles. The Bertz CT molecular complexity index is 1610. The van der Waals surface area contributed by atoms with E-state index in [1.165, 1.54) is 82.3 Å². The predicted molar refractivity (Wildman–Crippen MR) is 180 cm³/mol. The first-order valence-electron chi connectivity index (χ1n) is 15.9. The minimum Gasteiger partial charge on any atom is -0.508 e. The Morgan fingerprint density at radius 2 is 1.50 bits per heavy atom. The largest absolute Gasteiger partial charge is 0.508 e. The average molecular weight is 732 g/mol. The van der Waals surface area contributed by atoms with Gasteiger partial charge in [-0.2, -0.15) is 0 Å². The van der Waals surface area contributed by atoms with Gasteiger partial charge in [-0.3, -0.25) is 9.59 Å². The summed E-state index contributed by atoms with van der Waals surface area (Å²) < 4.78 is 53.2. The number of β-lactam (4-membered cyclic amide) rings is 1. The van der Waals surface area contributed by atoms with Gasteiger partial charge in [-0.05, 0) is 72.5 Å². The molecule has 3 aromatic carbocycles. The number of hydrogen-bond donors (Lipinski definition) is 1. The molecule has 0 radical (unpaired) electrons. The number of phenolic OH excluding ortho intramolecular Hbond substituents is 1. The van der Waals surface area contributed by atoms with Crippen LogP contribution in [0.3, 0.4) is 0 Å². The number of phenols is 1. The normalized spacial score (nSPS) is 19.2. The summed E-state index contributed by atoms with van der Waals surface area (Å²) in [6.45, 7) is 0.327. The van der Waals surface area contributed by atoms with Crippen LogP contribution in [-0.2, 0) is 33.3 Å². The number of aromatic hydroxyl groups is 1. The maximum absolute atomic E-state index is 13.7. The lowest BCUT2D eigenvalue weighted by molar-refractivity contribution is -0.152. The zero-order chi connectivity index (χ0) is 35.5. The van der Waals surface area contributed by atoms with Crippen LogP contribution in [0.5, 0.6) is 5.75 Å². The maximum Gasteiger partial charge on any atom is 0.508 e. The van der Waals surface area contributed by atoms with Crippen LogP contribution in [0.15, 0.2) is 72.8 Å². The highest BCUT2D eigenvalue weighted by atomic mass is 33.1. The molecule has 2 fully saturated rings. The zero-order valence-corrected chi connectivity index (χ0v) is 28.4. The molecule has 2 aliphatic heterocycles. The van der Waals surface area contributed by atoms with E-state index in [1.807, 2.05) is 0 Å². The summed E-state index contributed by atoms with van der Waals surface area (Å²) in [5, 5.41) is 9.82. The fourth-order valence-electron chi connectivity index (χ4n) is 5.58. The van der Waals surface area contributed by atoms with Crippen molar-refractivity contribution in [1.29, 1.82) is 0 Å². The molecular formula is C35H35F2NO10S2. The number of halogens is 2. The standard InChI is InChI=1S/C35H35F2NO10S2/c36-24-5-1-22(2-6-24)30(48-35(43)46-18-20-50-49-19-17-45-34(42)47-28-15-16-44-31(40)21-28)14-13-29-32(23-3-11-27(39)12-4-23)38(33(29)41)26-9-7-25(37)8-10-26/h1-12,28-30,32,39H,13-21H2/t28-,29-,30+,32?/m1/s1. The van der Waals surface area contributed by atoms with Crippen LogP contribution in [0.25, 0.3) is 0 Å². The number of carbonyl (C=O) groups excluding carboxylic acids is 4. The topological polar surface area (TPSA) is 138 Å². The fourth-order valence-corrected chi connectivity index (χ4v) is 7.24. The summed E-state index contributed by atoms with van der Waals surface area (Å²) in [5.74, 6) is -1.08. The number of rotatable bonds is 15. The van der Waals surface area contributed by atoms with Crippen molar-refractivity contribution in [2.45, 2.75) is 43.9 Å². The van der Waals surface area contributed by atoms with Crippen LogP contribution in [0.2, 0.25) is 0 Å². The highest BCUT2D eigenvalue weighted by molar-refractivity contribution is 8.76. The number of esters is 1. The Morgan fingerprint density at radius 3 is 2.14 bits per heavy atom. The smallest absolute Gasteiger partial charge is 0.508 e. The van der Waals surface area contributed by atoms with Crippen LogP contribution in [0, 0.1) is 17.6 Å². The van der Waals surface area contributed by atoms with Gasteiger partial charge in [0.2, 0.25) is 5.91 Å². The molecule has 0 spiro atoms. The van der Waals surface area contributed by atoms with Crippen molar-refractivity contribution in [1.82, 2.24) is 0 Å². The highest BCUT2D eigenvalue weighted by Crippen LogP contribution is 2.47. The van der Waals surface area contributed by atoms with Gasteiger partial charge >= 0.3 is 18.3 Å². The van der Waals surface area contributed by atoms with Gasteiger partial charge in [0, 0.05) is 23.6 Å². The van der Waals surface area contributed by atoms with Gasteiger partial charge in [0.15, 0.2) is 0 Å². The molecule has 1 N–H and O–H groups in total. The lowest BCUT2D eigenvalue weighted by Gasteiger charge is -2.48. The molecule has 1 unspecified atom stereocenters. The quantitative estimate of drug-likeness (QED) is 0.0552. The lowest BCUT2D eigenvalue weighted by Crippen LogP contribution is -2.55. The molecule has 0 aliphatic carbocycles. The first kappa shape index (κ1) is 36.8. The Morgan fingerprint density at radius 1 is 0.880 bits per heavy atom. The van der Waals surface area contributed by atoms with Crippen LogP contribution in [0.4, 0.5) is 24.1 Å². The molecule has 5 rings (SSSR count). The van der Waals surface area contributed by atoms with Crippen molar-refractivity contribution in [3.8, 4) is 5.75 Å². The highest BCUT2D eigenvalue weighted by Gasteiger charge is 2.48. The Labute approximate surface area is 294 Å². The molecule has 11 nitrogen and oxygen atoms in total. The predicted octanol–water partition coefficient (Wildman–Crippen LogP) is 7.29. The summed E-state index contributed by atoms with van der Waals surface area (Å²) in [5.41, 5.74) is 1.82. The van der Waals surface area contributed by atoms with Gasteiger partial charge in [-0.15, -0.1) is 0 Å². The first-order valence-corrected chi connectivity index (χ1v) is 18.4. The van der Waals surface area contributed by atoms with Gasteiger partial charge < -0.3 is 33.7 Å². The minimum absolute atomic E-state index is 0.00601. The zero-order valence-electron chi connectivity index (χ0n) is 26.7. The molecule has 15 heteroatoms. The summed E-state index contributed by atoms with van der Waals surface area (Å²) in [6, 6.07) is 17.2. The second-order valence-corrected chi connectivity index (χ2v) is 14.1. The Hall–Kier alpha value is -4.50. The van der Waals surface area contributed by atoms with E-state index in [1.54, 1.807) is 17.0 Å². The molecular weight excluding hydrogens is 697 g/mol. The molecule has 2 aliphatic rings. The third kappa shape index (κ3) is 10.3. The van der Waals surface area contributed by atoms with E-state index in [0.29, 0.717) is 35.6 Å². The summed E-state index contributed by atoms with van der Waals surface area (Å²) >= 11 is 0. The van der Waals surface area contributed by atoms with Gasteiger partial charge in [0.1, 0.15) is 42.8 Å². The fraction of sp³-hybridized carbons (Fsp3) is 0.371. The van der Waals surface area contributed by atoms with Gasteiger partial charge in [-0.1, -0.05) is 45.9 Å². The number of ether oxygens (including phenoxy) is 5. The molecule has 266 valence electrons. The molecule has 0 bridgehead atoms. The van der Waals surface area contributed by atoms with Crippen molar-refractivity contribution < 1.29 is 56.7 Å². The number of nitrogens with zero attached hydrogens (tertiary/aromatic N) is 1. The third-order valence-corrected chi connectivity index (χ3v) is 10.3. The number of anilines is 1. The van der Waals surface area contributed by atoms with E-state index < -0.39 is 54.1 Å². The molecule has 0 saturated carbocycles. The summed E-state index contributed by atoms with van der Waals surface area (Å²) in [6.07, 6.45) is -2.20. The summed E-state index contributed by atoms with van der Waals surface area (Å²) in [7, 11) is 2.79. The average Bonchev–Trinajstić information content (AvgIpc) is 3.09. The lowest BCUT2D eigenvalue weighted by atomic mass is 9.78. The molecule has 1 amide bonds. The number of hydrogen-bond acceptors (Lipinski definition) is 12. The van der Waals surface area contributed by atoms with Crippen molar-refractivity contribution in [3.05, 3.63) is 95.6 Å². The van der Waals surface area contributed by atoms with E-state index in [0.717, 1.165) is 5.56 Å². The van der Waals surface area contributed by atoms with Crippen LogP contribution < -0.4 is 4.90 Å². The Kier molecular flexibility index (Phi) is 13.2. The van der Waals surface area contributed by atoms with Crippen molar-refractivity contribution in [2.24, 2.45) is 5.92 Å². The first-order chi connectivity index (χ1) is 24.2. The molecule has 2 saturated heterocycles.